The monoisotopic (exact) mass is 322 g/mol. The lowest BCUT2D eigenvalue weighted by Gasteiger charge is -2.13. The molecule has 2 aromatic rings. The number of aliphatic hydroxyl groups excluding tert-OH is 1. The number of rotatable bonds is 8. The zero-order valence-corrected chi connectivity index (χ0v) is 13.4. The van der Waals surface area contributed by atoms with E-state index in [1.54, 1.807) is 12.1 Å². The molecule has 0 spiro atoms. The molecule has 0 aliphatic rings. The van der Waals surface area contributed by atoms with Gasteiger partial charge < -0.3 is 24.1 Å². The lowest BCUT2D eigenvalue weighted by molar-refractivity contribution is 0.201. The van der Waals surface area contributed by atoms with Crippen LogP contribution in [0.25, 0.3) is 11.0 Å². The van der Waals surface area contributed by atoms with Crippen molar-refractivity contribution in [3.63, 3.8) is 0 Å². The van der Waals surface area contributed by atoms with E-state index in [2.05, 4.69) is 6.92 Å². The van der Waals surface area contributed by atoms with Crippen molar-refractivity contribution in [3.8, 4) is 17.2 Å². The standard InChI is InChI=1S/C17H22O6/c1-3-4-11(2)10-22-16-15(19)13-9-12(21-8-7-18)5-6-14(13)23-17(16)20/h5-6,9,11,18-19H,3-4,7-8,10H2,1-2H3. The fraction of sp³-hybridized carbons (Fsp3) is 0.471. The van der Waals surface area contributed by atoms with Gasteiger partial charge in [0.1, 0.15) is 17.9 Å². The molecule has 1 heterocycles. The van der Waals surface area contributed by atoms with Gasteiger partial charge in [0.15, 0.2) is 5.75 Å². The van der Waals surface area contributed by atoms with E-state index >= 15 is 0 Å². The fourth-order valence-corrected chi connectivity index (χ4v) is 2.33. The fourth-order valence-electron chi connectivity index (χ4n) is 2.33. The van der Waals surface area contributed by atoms with Crippen molar-refractivity contribution in [3.05, 3.63) is 28.6 Å². The lowest BCUT2D eigenvalue weighted by Crippen LogP contribution is -2.13. The molecule has 0 aliphatic heterocycles. The minimum Gasteiger partial charge on any atom is -0.504 e. The summed E-state index contributed by atoms with van der Waals surface area (Å²) in [4.78, 5) is 12.0. The van der Waals surface area contributed by atoms with Gasteiger partial charge in [-0.3, -0.25) is 0 Å². The maximum Gasteiger partial charge on any atom is 0.383 e. The first kappa shape index (κ1) is 17.1. The van der Waals surface area contributed by atoms with Crippen molar-refractivity contribution >= 4 is 11.0 Å². The Labute approximate surface area is 134 Å². The van der Waals surface area contributed by atoms with Crippen LogP contribution in [0.3, 0.4) is 0 Å². The summed E-state index contributed by atoms with van der Waals surface area (Å²) in [5.41, 5.74) is -0.458. The molecule has 0 fully saturated rings. The van der Waals surface area contributed by atoms with Gasteiger partial charge in [-0.2, -0.15) is 0 Å². The van der Waals surface area contributed by atoms with Gasteiger partial charge in [-0.15, -0.1) is 0 Å². The highest BCUT2D eigenvalue weighted by Gasteiger charge is 2.17. The maximum atomic E-state index is 12.0. The van der Waals surface area contributed by atoms with E-state index in [-0.39, 0.29) is 36.2 Å². The summed E-state index contributed by atoms with van der Waals surface area (Å²) in [5.74, 6) is 0.295. The molecule has 0 aliphatic carbocycles. The van der Waals surface area contributed by atoms with Gasteiger partial charge in [-0.1, -0.05) is 20.3 Å². The Balaban J connectivity index is 2.31. The van der Waals surface area contributed by atoms with E-state index in [0.29, 0.717) is 17.7 Å². The van der Waals surface area contributed by atoms with Crippen LogP contribution < -0.4 is 15.1 Å². The largest absolute Gasteiger partial charge is 0.504 e. The van der Waals surface area contributed by atoms with Crippen molar-refractivity contribution in [2.24, 2.45) is 5.92 Å². The average molecular weight is 322 g/mol. The predicted molar refractivity (Wildman–Crippen MR) is 86.3 cm³/mol. The number of hydrogen-bond acceptors (Lipinski definition) is 6. The summed E-state index contributed by atoms with van der Waals surface area (Å²) >= 11 is 0. The van der Waals surface area contributed by atoms with Gasteiger partial charge in [-0.05, 0) is 30.5 Å². The minimum absolute atomic E-state index is 0.114. The van der Waals surface area contributed by atoms with Gasteiger partial charge in [-0.25, -0.2) is 4.79 Å². The molecule has 0 saturated heterocycles. The number of benzene rings is 1. The number of ether oxygens (including phenoxy) is 2. The van der Waals surface area contributed by atoms with Crippen LogP contribution in [0.4, 0.5) is 0 Å². The molecule has 0 bridgehead atoms. The molecule has 1 aromatic carbocycles. The van der Waals surface area contributed by atoms with E-state index in [1.165, 1.54) is 6.07 Å². The van der Waals surface area contributed by atoms with Crippen molar-refractivity contribution in [1.29, 1.82) is 0 Å². The highest BCUT2D eigenvalue weighted by atomic mass is 16.5. The normalized spacial score (nSPS) is 12.3. The third kappa shape index (κ3) is 4.16. The molecule has 6 heteroatoms. The summed E-state index contributed by atoms with van der Waals surface area (Å²) < 4.78 is 16.0. The average Bonchev–Trinajstić information content (AvgIpc) is 2.53. The van der Waals surface area contributed by atoms with Crippen LogP contribution in [0.15, 0.2) is 27.4 Å². The number of aliphatic hydroxyl groups is 1. The van der Waals surface area contributed by atoms with Crippen LogP contribution in [0.5, 0.6) is 17.2 Å². The van der Waals surface area contributed by atoms with E-state index in [4.69, 9.17) is 19.0 Å². The summed E-state index contributed by atoms with van der Waals surface area (Å²) in [6.45, 7) is 4.45. The second-order valence-electron chi connectivity index (χ2n) is 5.50. The first-order valence-corrected chi connectivity index (χ1v) is 7.73. The lowest BCUT2D eigenvalue weighted by atomic mass is 10.1. The van der Waals surface area contributed by atoms with Crippen LogP contribution in [-0.4, -0.2) is 30.0 Å². The smallest absolute Gasteiger partial charge is 0.383 e. The summed E-state index contributed by atoms with van der Waals surface area (Å²) in [5, 5.41) is 19.5. The van der Waals surface area contributed by atoms with Gasteiger partial charge in [0.2, 0.25) is 5.75 Å². The molecule has 126 valence electrons. The molecule has 1 aromatic heterocycles. The molecule has 0 amide bonds. The molecule has 2 N–H and O–H groups in total. The van der Waals surface area contributed by atoms with Crippen LogP contribution >= 0.6 is 0 Å². The molecule has 6 nitrogen and oxygen atoms in total. The van der Waals surface area contributed by atoms with E-state index in [9.17, 15) is 9.90 Å². The molecule has 1 atom stereocenters. The molecule has 1 unspecified atom stereocenters. The minimum atomic E-state index is -0.706. The number of hydrogen-bond donors (Lipinski definition) is 2. The Morgan fingerprint density at radius 2 is 2.09 bits per heavy atom. The van der Waals surface area contributed by atoms with Gasteiger partial charge in [0.05, 0.1) is 18.6 Å². The SMILES string of the molecule is CCCC(C)COc1c(O)c2cc(OCCO)ccc2oc1=O. The van der Waals surface area contributed by atoms with Crippen LogP contribution in [-0.2, 0) is 0 Å². The molecule has 2 rings (SSSR count). The highest BCUT2D eigenvalue weighted by molar-refractivity contribution is 5.86. The Hall–Kier alpha value is -2.21. The van der Waals surface area contributed by atoms with Crippen molar-refractivity contribution in [1.82, 2.24) is 0 Å². The highest BCUT2D eigenvalue weighted by Crippen LogP contribution is 2.33. The molecule has 0 radical (unpaired) electrons. The number of aromatic hydroxyl groups is 1. The third-order valence-corrected chi connectivity index (χ3v) is 3.46. The predicted octanol–water partition coefficient (Wildman–Crippen LogP) is 2.68. The van der Waals surface area contributed by atoms with Gasteiger partial charge in [0.25, 0.3) is 0 Å². The van der Waals surface area contributed by atoms with Crippen LogP contribution in [0.2, 0.25) is 0 Å². The van der Waals surface area contributed by atoms with Crippen LogP contribution in [0, 0.1) is 5.92 Å². The van der Waals surface area contributed by atoms with Crippen molar-refractivity contribution in [2.45, 2.75) is 26.7 Å². The van der Waals surface area contributed by atoms with Crippen LogP contribution in [0.1, 0.15) is 26.7 Å². The Morgan fingerprint density at radius 1 is 1.30 bits per heavy atom. The zero-order valence-electron chi connectivity index (χ0n) is 13.4. The van der Waals surface area contributed by atoms with Gasteiger partial charge in [0, 0.05) is 0 Å². The molecular weight excluding hydrogens is 300 g/mol. The van der Waals surface area contributed by atoms with E-state index in [0.717, 1.165) is 12.8 Å². The van der Waals surface area contributed by atoms with E-state index in [1.807, 2.05) is 6.92 Å². The molecule has 0 saturated carbocycles. The first-order valence-electron chi connectivity index (χ1n) is 7.73. The second kappa shape index (κ2) is 7.87. The molecule has 23 heavy (non-hydrogen) atoms. The second-order valence-corrected chi connectivity index (χ2v) is 5.50. The Morgan fingerprint density at radius 3 is 2.78 bits per heavy atom. The summed E-state index contributed by atoms with van der Waals surface area (Å²) in [6, 6.07) is 4.68. The zero-order chi connectivity index (χ0) is 16.8. The molecular formula is C17H22O6. The van der Waals surface area contributed by atoms with Crippen molar-refractivity contribution in [2.75, 3.05) is 19.8 Å². The summed E-state index contributed by atoms with van der Waals surface area (Å²) in [6.07, 6.45) is 1.99. The topological polar surface area (TPSA) is 89.1 Å². The van der Waals surface area contributed by atoms with E-state index < -0.39 is 5.63 Å². The quantitative estimate of drug-likeness (QED) is 0.726. The summed E-state index contributed by atoms with van der Waals surface area (Å²) in [7, 11) is 0. The number of fused-ring (bicyclic) bond motifs is 1. The first-order chi connectivity index (χ1) is 11.1. The Bertz CT molecular complexity index is 706. The van der Waals surface area contributed by atoms with Crippen molar-refractivity contribution < 1.29 is 24.1 Å². The maximum absolute atomic E-state index is 12.0. The van der Waals surface area contributed by atoms with Gasteiger partial charge >= 0.3 is 5.63 Å². The third-order valence-electron chi connectivity index (χ3n) is 3.46. The Kier molecular flexibility index (Phi) is 5.87.